The summed E-state index contributed by atoms with van der Waals surface area (Å²) >= 11 is 6.95. The van der Waals surface area contributed by atoms with Gasteiger partial charge in [0.25, 0.3) is 10.0 Å². The number of alkyl halides is 3. The van der Waals surface area contributed by atoms with Crippen LogP contribution in [0.3, 0.4) is 0 Å². The number of halogens is 4. The Morgan fingerprint density at radius 1 is 1.11 bits per heavy atom. The Labute approximate surface area is 226 Å². The number of benzene rings is 3. The molecule has 38 heavy (non-hydrogen) atoms. The maximum absolute atomic E-state index is 13.7. The van der Waals surface area contributed by atoms with Gasteiger partial charge in [0, 0.05) is 11.5 Å². The average Bonchev–Trinajstić information content (AvgIpc) is 3.39. The first-order valence-corrected chi connectivity index (χ1v) is 13.5. The highest BCUT2D eigenvalue weighted by Gasteiger charge is 2.31. The molecule has 0 atom stereocenters. The molecule has 0 bridgehead atoms. The van der Waals surface area contributed by atoms with Gasteiger partial charge in [0.05, 0.1) is 46.2 Å². The number of nitrogens with one attached hydrogen (secondary N) is 1. The van der Waals surface area contributed by atoms with E-state index in [4.69, 9.17) is 22.1 Å². The Balaban J connectivity index is 1.65. The molecule has 4 rings (SSSR count). The summed E-state index contributed by atoms with van der Waals surface area (Å²) in [5.74, 6) is 0.639. The zero-order chi connectivity index (χ0) is 27.7. The molecule has 0 aliphatic rings. The molecule has 1 aromatic heterocycles. The van der Waals surface area contributed by atoms with Gasteiger partial charge >= 0.3 is 6.18 Å². The molecular weight excluding hydrogens is 563 g/mol. The van der Waals surface area contributed by atoms with E-state index in [2.05, 4.69) is 14.7 Å². The molecule has 3 N–H and O–H groups in total. The van der Waals surface area contributed by atoms with Gasteiger partial charge < -0.3 is 15.8 Å². The molecule has 4 aromatic rings. The lowest BCUT2D eigenvalue weighted by Gasteiger charge is -2.23. The number of rotatable bonds is 8. The zero-order valence-electron chi connectivity index (χ0n) is 20.0. The van der Waals surface area contributed by atoms with Crippen LogP contribution in [0.2, 0.25) is 5.02 Å². The lowest BCUT2D eigenvalue weighted by Crippen LogP contribution is -2.31. The number of methoxy groups -OCH3 is 1. The lowest BCUT2D eigenvalue weighted by atomic mass is 10.1. The number of ether oxygens (including phenoxy) is 1. The predicted molar refractivity (Wildman–Crippen MR) is 142 cm³/mol. The van der Waals surface area contributed by atoms with Crippen molar-refractivity contribution in [3.05, 3.63) is 82.6 Å². The van der Waals surface area contributed by atoms with Crippen LogP contribution in [0.5, 0.6) is 5.75 Å². The summed E-state index contributed by atoms with van der Waals surface area (Å²) in [5.41, 5.74) is 7.27. The van der Waals surface area contributed by atoms with Crippen molar-refractivity contribution in [3.63, 3.8) is 0 Å². The molecule has 0 fully saturated rings. The van der Waals surface area contributed by atoms with E-state index in [0.29, 0.717) is 5.75 Å². The first-order valence-electron chi connectivity index (χ1n) is 10.9. The van der Waals surface area contributed by atoms with Gasteiger partial charge in [-0.2, -0.15) is 17.5 Å². The van der Waals surface area contributed by atoms with Crippen molar-refractivity contribution in [2.24, 2.45) is 0 Å². The number of hydrogen-bond acceptors (Lipinski definition) is 8. The molecule has 0 aliphatic heterocycles. The van der Waals surface area contributed by atoms with Crippen LogP contribution in [-0.2, 0) is 22.7 Å². The topological polar surface area (TPSA) is 110 Å². The van der Waals surface area contributed by atoms with E-state index in [1.165, 1.54) is 30.6 Å². The van der Waals surface area contributed by atoms with Crippen LogP contribution in [0.4, 0.5) is 35.4 Å². The molecule has 0 aliphatic carbocycles. The Morgan fingerprint density at radius 2 is 1.84 bits per heavy atom. The van der Waals surface area contributed by atoms with Crippen LogP contribution >= 0.6 is 23.1 Å². The molecule has 1 heterocycles. The number of sulfonamides is 1. The predicted octanol–water partition coefficient (Wildman–Crippen LogP) is 6.25. The zero-order valence-corrected chi connectivity index (χ0v) is 22.3. The normalized spacial score (nSPS) is 11.8. The Hall–Kier alpha value is -3.55. The van der Waals surface area contributed by atoms with Crippen molar-refractivity contribution in [2.45, 2.75) is 24.5 Å². The smallest absolute Gasteiger partial charge is 0.416 e. The minimum atomic E-state index is -4.54. The van der Waals surface area contributed by atoms with Gasteiger partial charge in [0.15, 0.2) is 0 Å². The van der Waals surface area contributed by atoms with E-state index < -0.39 is 21.8 Å². The second-order valence-corrected chi connectivity index (χ2v) is 11.1. The number of nitrogens with two attached hydrogens (primary N) is 1. The van der Waals surface area contributed by atoms with Crippen LogP contribution in [0, 0.1) is 6.92 Å². The number of anilines is 4. The third-order valence-corrected chi connectivity index (χ3v) is 8.45. The van der Waals surface area contributed by atoms with Crippen LogP contribution < -0.4 is 20.1 Å². The molecule has 0 saturated carbocycles. The van der Waals surface area contributed by atoms with Crippen molar-refractivity contribution in [1.82, 2.24) is 9.36 Å². The van der Waals surface area contributed by atoms with Crippen molar-refractivity contribution < 1.29 is 26.3 Å². The van der Waals surface area contributed by atoms with Gasteiger partial charge in [0.2, 0.25) is 5.13 Å². The lowest BCUT2D eigenvalue weighted by molar-refractivity contribution is -0.137. The third kappa shape index (κ3) is 5.79. The van der Waals surface area contributed by atoms with Gasteiger partial charge in [-0.3, -0.25) is 0 Å². The largest absolute Gasteiger partial charge is 0.497 e. The number of nitrogens with zero attached hydrogens (tertiary/aromatic N) is 3. The first-order chi connectivity index (χ1) is 17.9. The maximum Gasteiger partial charge on any atom is 0.416 e. The summed E-state index contributed by atoms with van der Waals surface area (Å²) in [6, 6.07) is 12.1. The van der Waals surface area contributed by atoms with E-state index in [-0.39, 0.29) is 38.7 Å². The van der Waals surface area contributed by atoms with Gasteiger partial charge in [-0.05, 0) is 66.6 Å². The SMILES string of the molecule is COc1ccc(CN(c2ncns2)S(=O)(=O)c2ccc(Nc3ccc(C(F)(F)F)cc3Cl)c(N)c2)c(C)c1. The summed E-state index contributed by atoms with van der Waals surface area (Å²) in [6.07, 6.45) is -3.28. The van der Waals surface area contributed by atoms with E-state index in [1.54, 1.807) is 25.3 Å². The molecular formula is C24H21ClF3N5O3S2. The van der Waals surface area contributed by atoms with E-state index in [0.717, 1.165) is 39.1 Å². The van der Waals surface area contributed by atoms with Crippen LogP contribution in [0.1, 0.15) is 16.7 Å². The van der Waals surface area contributed by atoms with Crippen LogP contribution in [-0.4, -0.2) is 24.9 Å². The minimum Gasteiger partial charge on any atom is -0.497 e. The summed E-state index contributed by atoms with van der Waals surface area (Å²) in [5, 5.41) is 2.84. The van der Waals surface area contributed by atoms with Crippen molar-refractivity contribution >= 4 is 55.4 Å². The van der Waals surface area contributed by atoms with E-state index in [9.17, 15) is 21.6 Å². The van der Waals surface area contributed by atoms with Crippen molar-refractivity contribution in [3.8, 4) is 5.75 Å². The van der Waals surface area contributed by atoms with E-state index >= 15 is 0 Å². The number of nitrogen functional groups attached to an aromatic ring is 1. The molecule has 8 nitrogen and oxygen atoms in total. The fraction of sp³-hybridized carbons (Fsp3) is 0.167. The molecule has 0 radical (unpaired) electrons. The van der Waals surface area contributed by atoms with Gasteiger partial charge in [-0.15, -0.1) is 0 Å². The highest BCUT2D eigenvalue weighted by Crippen LogP contribution is 2.36. The second-order valence-electron chi connectivity index (χ2n) is 8.09. The highest BCUT2D eigenvalue weighted by atomic mass is 35.5. The monoisotopic (exact) mass is 583 g/mol. The highest BCUT2D eigenvalue weighted by molar-refractivity contribution is 7.93. The Kier molecular flexibility index (Phi) is 7.72. The maximum atomic E-state index is 13.7. The molecule has 0 spiro atoms. The van der Waals surface area contributed by atoms with Crippen molar-refractivity contribution in [1.29, 1.82) is 0 Å². The quantitative estimate of drug-likeness (QED) is 0.236. The molecule has 0 saturated heterocycles. The van der Waals surface area contributed by atoms with Crippen LogP contribution in [0.25, 0.3) is 0 Å². The molecule has 14 heteroatoms. The molecule has 0 amide bonds. The minimum absolute atomic E-state index is 0.0194. The average molecular weight is 584 g/mol. The fourth-order valence-corrected chi connectivity index (χ4v) is 5.93. The third-order valence-electron chi connectivity index (χ3n) is 5.60. The summed E-state index contributed by atoms with van der Waals surface area (Å²) in [4.78, 5) is 3.98. The second kappa shape index (κ2) is 10.7. The Morgan fingerprint density at radius 3 is 2.42 bits per heavy atom. The van der Waals surface area contributed by atoms with Gasteiger partial charge in [0.1, 0.15) is 12.1 Å². The molecule has 200 valence electrons. The van der Waals surface area contributed by atoms with Gasteiger partial charge in [-0.1, -0.05) is 17.7 Å². The summed E-state index contributed by atoms with van der Waals surface area (Å²) in [6.45, 7) is 1.82. The van der Waals surface area contributed by atoms with Gasteiger partial charge in [-0.25, -0.2) is 17.7 Å². The number of aryl methyl sites for hydroxylation is 1. The number of aromatic nitrogens is 2. The Bertz CT molecular complexity index is 1570. The molecule has 3 aromatic carbocycles. The fourth-order valence-electron chi connectivity index (χ4n) is 3.54. The molecule has 0 unspecified atom stereocenters. The summed E-state index contributed by atoms with van der Waals surface area (Å²) in [7, 11) is -2.60. The summed E-state index contributed by atoms with van der Waals surface area (Å²) < 4.78 is 76.5. The van der Waals surface area contributed by atoms with Crippen molar-refractivity contribution in [2.75, 3.05) is 22.5 Å². The first kappa shape index (κ1) is 27.5. The van der Waals surface area contributed by atoms with Crippen LogP contribution in [0.15, 0.2) is 65.8 Å². The van der Waals surface area contributed by atoms with E-state index in [1.807, 2.05) is 6.92 Å². The standard InChI is InChI=1S/C24H21ClF3N5O3S2/c1-14-9-17(36-2)5-3-15(14)12-33(23-30-13-31-37-23)38(34,35)18-6-8-22(20(29)11-18)32-21-7-4-16(10-19(21)25)24(26,27)28/h3-11,13,32H,12,29H2,1-2H3. The number of hydrogen-bond donors (Lipinski definition) is 2.